The first-order valence-corrected chi connectivity index (χ1v) is 8.99. The molecule has 1 N–H and O–H groups in total. The maximum absolute atomic E-state index is 14.1. The molecular formula is C16H9BrF5N3OS. The minimum absolute atomic E-state index is 0.0928. The molecule has 0 radical (unpaired) electrons. The minimum atomic E-state index is -4.90. The first-order valence-electron chi connectivity index (χ1n) is 6.97. The number of alkyl halides is 3. The predicted molar refractivity (Wildman–Crippen MR) is 94.9 cm³/mol. The summed E-state index contributed by atoms with van der Waals surface area (Å²) < 4.78 is 71.5. The Bertz CT molecular complexity index is 904. The lowest BCUT2D eigenvalue weighted by Crippen LogP contribution is -2.12. The number of hydrogen-bond acceptors (Lipinski definition) is 4. The first kappa shape index (κ1) is 21.0. The van der Waals surface area contributed by atoms with Crippen LogP contribution in [0.1, 0.15) is 5.56 Å². The number of para-hydroxylation sites is 1. The Kier molecular flexibility index (Phi) is 6.67. The summed E-state index contributed by atoms with van der Waals surface area (Å²) in [6.07, 6.45) is -1.59. The molecule has 0 heterocycles. The molecule has 2 aromatic rings. The molecule has 4 nitrogen and oxygen atoms in total. The summed E-state index contributed by atoms with van der Waals surface area (Å²) in [7, 11) is 0. The van der Waals surface area contributed by atoms with Gasteiger partial charge in [-0.3, -0.25) is 5.32 Å². The van der Waals surface area contributed by atoms with Crippen LogP contribution in [-0.4, -0.2) is 11.4 Å². The SMILES string of the molecule is CSC(=Nc1cccc(Br)c1Oc1c(F)cc(C(F)(F)F)cc1F)NC#N. The Morgan fingerprint density at radius 1 is 1.22 bits per heavy atom. The van der Waals surface area contributed by atoms with Crippen LogP contribution in [0.5, 0.6) is 11.5 Å². The van der Waals surface area contributed by atoms with Gasteiger partial charge in [0.1, 0.15) is 5.69 Å². The summed E-state index contributed by atoms with van der Waals surface area (Å²) >= 11 is 4.23. The molecule has 0 aliphatic rings. The van der Waals surface area contributed by atoms with Gasteiger partial charge < -0.3 is 4.74 Å². The summed E-state index contributed by atoms with van der Waals surface area (Å²) in [4.78, 5) is 4.11. The fourth-order valence-corrected chi connectivity index (χ4v) is 2.67. The zero-order valence-corrected chi connectivity index (χ0v) is 15.8. The largest absolute Gasteiger partial charge is 0.448 e. The molecule has 0 spiro atoms. The summed E-state index contributed by atoms with van der Waals surface area (Å²) in [5, 5.41) is 11.2. The third kappa shape index (κ3) is 5.11. The van der Waals surface area contributed by atoms with Crippen molar-refractivity contribution in [3.8, 4) is 17.7 Å². The summed E-state index contributed by atoms with van der Waals surface area (Å²) in [5.74, 6) is -4.19. The molecule has 0 aliphatic heterocycles. The van der Waals surface area contributed by atoms with Crippen molar-refractivity contribution in [1.29, 1.82) is 5.26 Å². The third-order valence-electron chi connectivity index (χ3n) is 3.05. The number of ether oxygens (including phenoxy) is 1. The molecular weight excluding hydrogens is 457 g/mol. The number of amidine groups is 1. The fraction of sp³-hybridized carbons (Fsp3) is 0.125. The second-order valence-corrected chi connectivity index (χ2v) is 6.46. The van der Waals surface area contributed by atoms with E-state index < -0.39 is 29.1 Å². The fourth-order valence-electron chi connectivity index (χ4n) is 1.89. The number of rotatable bonds is 3. The average Bonchev–Trinajstić information content (AvgIpc) is 2.58. The van der Waals surface area contributed by atoms with Crippen LogP contribution in [-0.2, 0) is 6.18 Å². The number of nitrogens with one attached hydrogen (secondary N) is 1. The number of aliphatic imine (C=N–C) groups is 1. The van der Waals surface area contributed by atoms with Crippen molar-refractivity contribution in [2.45, 2.75) is 6.18 Å². The highest BCUT2D eigenvalue weighted by molar-refractivity contribution is 9.10. The van der Waals surface area contributed by atoms with E-state index in [4.69, 9.17) is 10.00 Å². The summed E-state index contributed by atoms with van der Waals surface area (Å²) in [6, 6.07) is 4.77. The van der Waals surface area contributed by atoms with Gasteiger partial charge >= 0.3 is 6.18 Å². The zero-order chi connectivity index (χ0) is 20.2. The lowest BCUT2D eigenvalue weighted by Gasteiger charge is -2.14. The van der Waals surface area contributed by atoms with Crippen LogP contribution in [0.25, 0.3) is 0 Å². The lowest BCUT2D eigenvalue weighted by atomic mass is 10.2. The Balaban J connectivity index is 2.52. The smallest absolute Gasteiger partial charge is 0.416 e. The van der Waals surface area contributed by atoms with Gasteiger partial charge in [-0.25, -0.2) is 13.8 Å². The second-order valence-electron chi connectivity index (χ2n) is 4.81. The van der Waals surface area contributed by atoms with Crippen molar-refractivity contribution in [1.82, 2.24) is 5.32 Å². The molecule has 0 amide bonds. The number of hydrogen-bond donors (Lipinski definition) is 1. The third-order valence-corrected chi connectivity index (χ3v) is 4.26. The normalized spacial score (nSPS) is 11.9. The monoisotopic (exact) mass is 465 g/mol. The molecule has 0 aromatic heterocycles. The van der Waals surface area contributed by atoms with Gasteiger partial charge in [0.05, 0.1) is 10.0 Å². The second kappa shape index (κ2) is 8.58. The molecule has 0 saturated carbocycles. The van der Waals surface area contributed by atoms with Crippen molar-refractivity contribution in [3.05, 3.63) is 52.0 Å². The molecule has 0 bridgehead atoms. The Morgan fingerprint density at radius 3 is 2.37 bits per heavy atom. The molecule has 11 heteroatoms. The van der Waals surface area contributed by atoms with Gasteiger partial charge in [0.2, 0.25) is 0 Å². The van der Waals surface area contributed by atoms with Crippen LogP contribution >= 0.6 is 27.7 Å². The predicted octanol–water partition coefficient (Wildman–Crippen LogP) is 5.96. The van der Waals surface area contributed by atoms with Crippen LogP contribution in [0, 0.1) is 23.1 Å². The molecule has 2 aromatic carbocycles. The number of thioether (sulfide) groups is 1. The lowest BCUT2D eigenvalue weighted by molar-refractivity contribution is -0.138. The molecule has 142 valence electrons. The van der Waals surface area contributed by atoms with Gasteiger partial charge in [-0.15, -0.1) is 0 Å². The zero-order valence-electron chi connectivity index (χ0n) is 13.4. The van der Waals surface area contributed by atoms with E-state index in [1.165, 1.54) is 12.1 Å². The van der Waals surface area contributed by atoms with Gasteiger partial charge in [-0.1, -0.05) is 17.8 Å². The standard InChI is InChI=1S/C16H9BrF5N3OS/c1-27-15(24-7-23)25-12-4-2-3-9(17)13(12)26-14-10(18)5-8(6-11(14)19)16(20,21)22/h2-6H,1H3,(H,24,25). The molecule has 0 atom stereocenters. The van der Waals surface area contributed by atoms with E-state index in [0.29, 0.717) is 0 Å². The van der Waals surface area contributed by atoms with E-state index in [2.05, 4.69) is 26.2 Å². The Hall–Kier alpha value is -2.32. The van der Waals surface area contributed by atoms with Gasteiger partial charge in [0, 0.05) is 0 Å². The Morgan fingerprint density at radius 2 is 1.85 bits per heavy atom. The van der Waals surface area contributed by atoms with Crippen LogP contribution in [0.4, 0.5) is 27.6 Å². The molecule has 27 heavy (non-hydrogen) atoms. The van der Waals surface area contributed by atoms with Gasteiger partial charge in [-0.05, 0) is 46.5 Å². The van der Waals surface area contributed by atoms with Crippen LogP contribution in [0.3, 0.4) is 0 Å². The first-order chi connectivity index (χ1) is 12.7. The molecule has 2 rings (SSSR count). The van der Waals surface area contributed by atoms with E-state index in [1.54, 1.807) is 18.5 Å². The molecule has 0 saturated heterocycles. The van der Waals surface area contributed by atoms with Crippen molar-refractivity contribution >= 4 is 38.5 Å². The van der Waals surface area contributed by atoms with E-state index in [0.717, 1.165) is 11.8 Å². The molecule has 0 aliphatic carbocycles. The molecule has 0 fully saturated rings. The maximum Gasteiger partial charge on any atom is 0.416 e. The maximum atomic E-state index is 14.1. The number of nitriles is 1. The van der Waals surface area contributed by atoms with Crippen molar-refractivity contribution in [3.63, 3.8) is 0 Å². The van der Waals surface area contributed by atoms with E-state index >= 15 is 0 Å². The van der Waals surface area contributed by atoms with Crippen LogP contribution < -0.4 is 10.1 Å². The summed E-state index contributed by atoms with van der Waals surface area (Å²) in [6.45, 7) is 0. The highest BCUT2D eigenvalue weighted by Gasteiger charge is 2.33. The average molecular weight is 466 g/mol. The van der Waals surface area contributed by atoms with E-state index in [1.807, 2.05) is 0 Å². The van der Waals surface area contributed by atoms with Gasteiger partial charge in [-0.2, -0.15) is 18.4 Å². The summed E-state index contributed by atoms with van der Waals surface area (Å²) in [5.41, 5.74) is -1.38. The Labute approximate surface area is 163 Å². The van der Waals surface area contributed by atoms with Gasteiger partial charge in [0.15, 0.2) is 34.5 Å². The minimum Gasteiger partial charge on any atom is -0.448 e. The van der Waals surface area contributed by atoms with Crippen LogP contribution in [0.2, 0.25) is 0 Å². The number of halogens is 6. The highest BCUT2D eigenvalue weighted by atomic mass is 79.9. The van der Waals surface area contributed by atoms with Crippen molar-refractivity contribution in [2.75, 3.05) is 6.26 Å². The van der Waals surface area contributed by atoms with Crippen LogP contribution in [0.15, 0.2) is 39.8 Å². The quantitative estimate of drug-likeness (QED) is 0.200. The topological polar surface area (TPSA) is 57.4 Å². The molecule has 0 unspecified atom stereocenters. The van der Waals surface area contributed by atoms with Crippen molar-refractivity contribution < 1.29 is 26.7 Å². The van der Waals surface area contributed by atoms with E-state index in [-0.39, 0.29) is 33.2 Å². The van der Waals surface area contributed by atoms with Crippen molar-refractivity contribution in [2.24, 2.45) is 4.99 Å². The highest BCUT2D eigenvalue weighted by Crippen LogP contribution is 2.41. The van der Waals surface area contributed by atoms with E-state index in [9.17, 15) is 22.0 Å². The van der Waals surface area contributed by atoms with Gasteiger partial charge in [0.25, 0.3) is 0 Å². The number of nitrogens with zero attached hydrogens (tertiary/aromatic N) is 2. The number of benzene rings is 2.